The molecule has 0 saturated carbocycles. The molecule has 2 aromatic rings. The van der Waals surface area contributed by atoms with Crippen LogP contribution >= 0.6 is 27.5 Å². The number of aliphatic hydroxyl groups excluding tert-OH is 1. The van der Waals surface area contributed by atoms with E-state index < -0.39 is 17.8 Å². The zero-order valence-electron chi connectivity index (χ0n) is 10.6. The first kappa shape index (κ1) is 15.4. The molecule has 0 heterocycles. The third kappa shape index (κ3) is 3.20. The van der Waals surface area contributed by atoms with E-state index in [1.807, 2.05) is 24.3 Å². The van der Waals surface area contributed by atoms with Gasteiger partial charge in [0.1, 0.15) is 5.82 Å². The van der Waals surface area contributed by atoms with Gasteiger partial charge in [-0.3, -0.25) is 0 Å². The van der Waals surface area contributed by atoms with E-state index in [1.165, 1.54) is 12.1 Å². The second-order valence-electron chi connectivity index (χ2n) is 4.47. The van der Waals surface area contributed by atoms with E-state index in [4.69, 9.17) is 17.3 Å². The highest BCUT2D eigenvalue weighted by molar-refractivity contribution is 9.10. The molecule has 2 unspecified atom stereocenters. The van der Waals surface area contributed by atoms with Crippen LogP contribution in [0.2, 0.25) is 5.02 Å². The van der Waals surface area contributed by atoms with E-state index in [0.29, 0.717) is 0 Å². The maximum absolute atomic E-state index is 13.9. The molecule has 0 spiro atoms. The van der Waals surface area contributed by atoms with E-state index in [1.54, 1.807) is 6.07 Å². The Morgan fingerprint density at radius 2 is 1.85 bits per heavy atom. The Bertz CT molecular complexity index is 571. The van der Waals surface area contributed by atoms with Gasteiger partial charge in [0, 0.05) is 27.5 Å². The molecule has 0 aliphatic rings. The van der Waals surface area contributed by atoms with E-state index in [0.717, 1.165) is 10.0 Å². The lowest BCUT2D eigenvalue weighted by Gasteiger charge is -2.23. The van der Waals surface area contributed by atoms with Crippen molar-refractivity contribution in [2.75, 3.05) is 6.54 Å². The van der Waals surface area contributed by atoms with Gasteiger partial charge in [-0.2, -0.15) is 0 Å². The van der Waals surface area contributed by atoms with Gasteiger partial charge in [-0.05, 0) is 29.8 Å². The topological polar surface area (TPSA) is 46.2 Å². The molecule has 106 valence electrons. The lowest BCUT2D eigenvalue weighted by atomic mass is 9.89. The summed E-state index contributed by atoms with van der Waals surface area (Å²) in [5, 5.41) is 10.7. The summed E-state index contributed by atoms with van der Waals surface area (Å²) >= 11 is 9.34. The van der Waals surface area contributed by atoms with Gasteiger partial charge >= 0.3 is 0 Å². The number of aliphatic hydroxyl groups is 1. The molecule has 0 saturated heterocycles. The van der Waals surface area contributed by atoms with Crippen LogP contribution in [0.3, 0.4) is 0 Å². The van der Waals surface area contributed by atoms with Crippen LogP contribution in [0, 0.1) is 5.82 Å². The predicted molar refractivity (Wildman–Crippen MR) is 82.3 cm³/mol. The van der Waals surface area contributed by atoms with Gasteiger partial charge in [0.2, 0.25) is 0 Å². The Hall–Kier alpha value is -0.940. The number of benzene rings is 2. The fraction of sp³-hybridized carbons (Fsp3) is 0.200. The van der Waals surface area contributed by atoms with Crippen molar-refractivity contribution in [3.8, 4) is 0 Å². The molecule has 3 N–H and O–H groups in total. The van der Waals surface area contributed by atoms with Crippen molar-refractivity contribution in [3.63, 3.8) is 0 Å². The molecule has 2 aromatic carbocycles. The minimum absolute atomic E-state index is 0.0903. The van der Waals surface area contributed by atoms with Gasteiger partial charge < -0.3 is 10.8 Å². The van der Waals surface area contributed by atoms with Crippen LogP contribution in [0.5, 0.6) is 0 Å². The van der Waals surface area contributed by atoms with Crippen LogP contribution < -0.4 is 5.73 Å². The molecular weight excluding hydrogens is 345 g/mol. The van der Waals surface area contributed by atoms with Crippen LogP contribution in [0.15, 0.2) is 46.9 Å². The molecule has 20 heavy (non-hydrogen) atoms. The van der Waals surface area contributed by atoms with Gasteiger partial charge in [0.05, 0.1) is 6.10 Å². The molecule has 0 amide bonds. The van der Waals surface area contributed by atoms with Crippen LogP contribution in [-0.2, 0) is 0 Å². The lowest BCUT2D eigenvalue weighted by molar-refractivity contribution is 0.143. The largest absolute Gasteiger partial charge is 0.388 e. The van der Waals surface area contributed by atoms with Crippen molar-refractivity contribution in [2.45, 2.75) is 12.0 Å². The first-order chi connectivity index (χ1) is 9.54. The first-order valence-electron chi connectivity index (χ1n) is 6.12. The van der Waals surface area contributed by atoms with Gasteiger partial charge in [0.25, 0.3) is 0 Å². The minimum Gasteiger partial charge on any atom is -0.388 e. The van der Waals surface area contributed by atoms with Crippen LogP contribution in [-0.4, -0.2) is 11.7 Å². The van der Waals surface area contributed by atoms with Gasteiger partial charge in [-0.1, -0.05) is 45.7 Å². The van der Waals surface area contributed by atoms with Gasteiger partial charge in [0.15, 0.2) is 0 Å². The van der Waals surface area contributed by atoms with Crippen molar-refractivity contribution in [3.05, 3.63) is 68.9 Å². The maximum Gasteiger partial charge on any atom is 0.130 e. The highest BCUT2D eigenvalue weighted by atomic mass is 79.9. The number of hydrogen-bond donors (Lipinski definition) is 2. The number of halogens is 3. The summed E-state index contributed by atoms with van der Waals surface area (Å²) in [5.74, 6) is -0.946. The molecule has 0 fully saturated rings. The zero-order valence-corrected chi connectivity index (χ0v) is 12.9. The third-order valence-electron chi connectivity index (χ3n) is 3.23. The smallest absolute Gasteiger partial charge is 0.130 e. The molecule has 2 rings (SSSR count). The summed E-state index contributed by atoms with van der Waals surface area (Å²) in [4.78, 5) is 0. The second-order valence-corrected chi connectivity index (χ2v) is 5.80. The molecule has 2 nitrogen and oxygen atoms in total. The number of nitrogens with two attached hydrogens (primary N) is 1. The molecular formula is C15H14BrClFNO. The summed E-state index contributed by atoms with van der Waals surface area (Å²) in [6, 6.07) is 11.7. The van der Waals surface area contributed by atoms with E-state index in [-0.39, 0.29) is 17.1 Å². The Morgan fingerprint density at radius 3 is 2.40 bits per heavy atom. The molecule has 5 heteroatoms. The third-order valence-corrected chi connectivity index (χ3v) is 4.09. The SMILES string of the molecule is NCC(c1ccc(Br)cc1)C(O)c1c(F)cccc1Cl. The summed E-state index contributed by atoms with van der Waals surface area (Å²) < 4.78 is 14.8. The molecule has 0 aromatic heterocycles. The standard InChI is InChI=1S/C15H14BrClFNO/c16-10-6-4-9(5-7-10)11(8-19)15(20)14-12(17)2-1-3-13(14)18/h1-7,11,15,20H,8,19H2. The predicted octanol–water partition coefficient (Wildman–Crippen LogP) is 4.02. The summed E-state index contributed by atoms with van der Waals surface area (Å²) in [5.41, 5.74) is 6.67. The van der Waals surface area contributed by atoms with Crippen molar-refractivity contribution in [2.24, 2.45) is 5.73 Å². The monoisotopic (exact) mass is 357 g/mol. The lowest BCUT2D eigenvalue weighted by Crippen LogP contribution is -2.21. The van der Waals surface area contributed by atoms with Crippen LogP contribution in [0.25, 0.3) is 0 Å². The molecule has 2 atom stereocenters. The quantitative estimate of drug-likeness (QED) is 0.867. The number of rotatable bonds is 4. The Labute approximate surface area is 130 Å². The average Bonchev–Trinajstić information content (AvgIpc) is 2.41. The fourth-order valence-electron chi connectivity index (χ4n) is 2.15. The highest BCUT2D eigenvalue weighted by Crippen LogP contribution is 2.35. The van der Waals surface area contributed by atoms with Gasteiger partial charge in [-0.25, -0.2) is 4.39 Å². The van der Waals surface area contributed by atoms with Crippen molar-refractivity contribution >= 4 is 27.5 Å². The Morgan fingerprint density at radius 1 is 1.20 bits per heavy atom. The Balaban J connectivity index is 2.39. The fourth-order valence-corrected chi connectivity index (χ4v) is 2.69. The Kier molecular flexibility index (Phi) is 5.16. The van der Waals surface area contributed by atoms with Crippen molar-refractivity contribution in [1.82, 2.24) is 0 Å². The summed E-state index contributed by atoms with van der Waals surface area (Å²) in [6.07, 6.45) is -1.09. The van der Waals surface area contributed by atoms with Crippen LogP contribution in [0.4, 0.5) is 4.39 Å². The highest BCUT2D eigenvalue weighted by Gasteiger charge is 2.26. The van der Waals surface area contributed by atoms with E-state index in [9.17, 15) is 9.50 Å². The van der Waals surface area contributed by atoms with E-state index in [2.05, 4.69) is 15.9 Å². The van der Waals surface area contributed by atoms with Crippen molar-refractivity contribution < 1.29 is 9.50 Å². The minimum atomic E-state index is -1.09. The normalized spacial score (nSPS) is 14.1. The van der Waals surface area contributed by atoms with E-state index >= 15 is 0 Å². The first-order valence-corrected chi connectivity index (χ1v) is 7.29. The summed E-state index contributed by atoms with van der Waals surface area (Å²) in [6.45, 7) is 0.188. The zero-order chi connectivity index (χ0) is 14.7. The summed E-state index contributed by atoms with van der Waals surface area (Å²) in [7, 11) is 0. The second kappa shape index (κ2) is 6.68. The maximum atomic E-state index is 13.9. The molecule has 0 radical (unpaired) electrons. The number of hydrogen-bond acceptors (Lipinski definition) is 2. The van der Waals surface area contributed by atoms with Crippen LogP contribution in [0.1, 0.15) is 23.1 Å². The van der Waals surface area contributed by atoms with Gasteiger partial charge in [-0.15, -0.1) is 0 Å². The molecule has 0 aliphatic heterocycles. The average molecular weight is 359 g/mol. The molecule has 0 bridgehead atoms. The van der Waals surface area contributed by atoms with Crippen molar-refractivity contribution in [1.29, 1.82) is 0 Å². The molecule has 0 aliphatic carbocycles.